The van der Waals surface area contributed by atoms with Gasteiger partial charge in [-0.1, -0.05) is 41.6 Å². The fraction of sp³-hybridized carbons (Fsp3) is 0.222. The summed E-state index contributed by atoms with van der Waals surface area (Å²) < 4.78 is 6.96. The maximum absolute atomic E-state index is 12.2. The van der Waals surface area contributed by atoms with Crippen LogP contribution in [0.5, 0.6) is 5.75 Å². The average molecular weight is 404 g/mol. The second kappa shape index (κ2) is 8.88. The number of aromatic nitrogens is 4. The van der Waals surface area contributed by atoms with Crippen molar-refractivity contribution in [1.29, 1.82) is 0 Å². The summed E-state index contributed by atoms with van der Waals surface area (Å²) in [6, 6.07) is 13.1. The van der Waals surface area contributed by atoms with Crippen LogP contribution in [0.4, 0.5) is 0 Å². The molecule has 3 aromatic rings. The summed E-state index contributed by atoms with van der Waals surface area (Å²) in [6.45, 7) is 2.39. The minimum atomic E-state index is -0.120. The number of thioether (sulfide) groups is 1. The van der Waals surface area contributed by atoms with Gasteiger partial charge in [0.25, 0.3) is 0 Å². The molecule has 0 aliphatic carbocycles. The van der Waals surface area contributed by atoms with E-state index in [9.17, 15) is 4.79 Å². The lowest BCUT2D eigenvalue weighted by Crippen LogP contribution is -2.24. The summed E-state index contributed by atoms with van der Waals surface area (Å²) in [5.41, 5.74) is 2.72. The molecule has 0 spiro atoms. The molecule has 1 heterocycles. The molecular formula is C18H18ClN5O2S. The lowest BCUT2D eigenvalue weighted by Gasteiger charge is -2.10. The van der Waals surface area contributed by atoms with E-state index in [2.05, 4.69) is 20.8 Å². The Morgan fingerprint density at radius 3 is 2.93 bits per heavy atom. The molecule has 2 aromatic carbocycles. The maximum atomic E-state index is 12.2. The van der Waals surface area contributed by atoms with Gasteiger partial charge in [0.1, 0.15) is 11.4 Å². The molecule has 0 bridgehead atoms. The summed E-state index contributed by atoms with van der Waals surface area (Å²) in [4.78, 5) is 12.2. The first-order valence-corrected chi connectivity index (χ1v) is 9.50. The number of rotatable bonds is 7. The highest BCUT2D eigenvalue weighted by atomic mass is 35.5. The van der Waals surface area contributed by atoms with E-state index in [0.717, 1.165) is 16.8 Å². The Hall–Kier alpha value is -2.58. The van der Waals surface area contributed by atoms with E-state index in [1.54, 1.807) is 17.9 Å². The third-order valence-corrected chi connectivity index (χ3v) is 4.87. The minimum absolute atomic E-state index is 0.120. The van der Waals surface area contributed by atoms with Gasteiger partial charge in [0.15, 0.2) is 0 Å². The van der Waals surface area contributed by atoms with Gasteiger partial charge >= 0.3 is 0 Å². The monoisotopic (exact) mass is 403 g/mol. The van der Waals surface area contributed by atoms with Gasteiger partial charge in [-0.3, -0.25) is 4.79 Å². The predicted molar refractivity (Wildman–Crippen MR) is 104 cm³/mol. The van der Waals surface area contributed by atoms with E-state index in [-0.39, 0.29) is 11.7 Å². The van der Waals surface area contributed by atoms with Gasteiger partial charge in [0.05, 0.1) is 12.9 Å². The number of benzene rings is 2. The van der Waals surface area contributed by atoms with Crippen molar-refractivity contribution in [1.82, 2.24) is 25.5 Å². The van der Waals surface area contributed by atoms with Crippen LogP contribution in [-0.2, 0) is 11.3 Å². The van der Waals surface area contributed by atoms with Crippen molar-refractivity contribution in [3.05, 3.63) is 58.6 Å². The summed E-state index contributed by atoms with van der Waals surface area (Å²) in [5, 5.41) is 15.8. The number of amides is 1. The summed E-state index contributed by atoms with van der Waals surface area (Å²) in [7, 11) is 1.59. The van der Waals surface area contributed by atoms with Crippen LogP contribution in [0.15, 0.2) is 47.6 Å². The summed E-state index contributed by atoms with van der Waals surface area (Å²) in [6.07, 6.45) is 0. The predicted octanol–water partition coefficient (Wildman–Crippen LogP) is 3.04. The number of aryl methyl sites for hydroxylation is 1. The fourth-order valence-corrected chi connectivity index (χ4v) is 3.34. The number of hydrogen-bond donors (Lipinski definition) is 1. The van der Waals surface area contributed by atoms with Gasteiger partial charge < -0.3 is 10.1 Å². The average Bonchev–Trinajstić information content (AvgIpc) is 3.13. The molecule has 140 valence electrons. The van der Waals surface area contributed by atoms with Crippen LogP contribution in [0.25, 0.3) is 5.69 Å². The van der Waals surface area contributed by atoms with E-state index in [4.69, 9.17) is 16.3 Å². The lowest BCUT2D eigenvalue weighted by atomic mass is 10.2. The Labute approximate surface area is 166 Å². The summed E-state index contributed by atoms with van der Waals surface area (Å²) >= 11 is 7.20. The molecule has 1 N–H and O–H groups in total. The van der Waals surface area contributed by atoms with E-state index in [0.29, 0.717) is 22.5 Å². The van der Waals surface area contributed by atoms with Gasteiger partial charge in [-0.25, -0.2) is 0 Å². The van der Waals surface area contributed by atoms with E-state index < -0.39 is 0 Å². The molecule has 0 unspecified atom stereocenters. The van der Waals surface area contributed by atoms with Crippen LogP contribution in [0.1, 0.15) is 11.1 Å². The van der Waals surface area contributed by atoms with Crippen molar-refractivity contribution in [3.8, 4) is 11.4 Å². The number of carbonyl (C=O) groups excluding carboxylic acids is 1. The molecule has 0 atom stereocenters. The van der Waals surface area contributed by atoms with Crippen molar-refractivity contribution in [2.45, 2.75) is 18.6 Å². The van der Waals surface area contributed by atoms with Crippen LogP contribution in [0.2, 0.25) is 5.02 Å². The number of hydrogen-bond acceptors (Lipinski definition) is 6. The number of ether oxygens (including phenoxy) is 1. The van der Waals surface area contributed by atoms with Gasteiger partial charge in [-0.05, 0) is 52.7 Å². The topological polar surface area (TPSA) is 81.9 Å². The molecule has 0 fully saturated rings. The number of methoxy groups -OCH3 is 1. The summed E-state index contributed by atoms with van der Waals surface area (Å²) in [5.74, 6) is 0.723. The second-order valence-electron chi connectivity index (χ2n) is 5.74. The van der Waals surface area contributed by atoms with Gasteiger partial charge in [-0.2, -0.15) is 4.68 Å². The van der Waals surface area contributed by atoms with Gasteiger partial charge in [-0.15, -0.1) is 5.10 Å². The van der Waals surface area contributed by atoms with Crippen molar-refractivity contribution in [2.75, 3.05) is 12.9 Å². The number of nitrogens with zero attached hydrogens (tertiary/aromatic N) is 4. The molecule has 0 aliphatic heterocycles. The van der Waals surface area contributed by atoms with Gasteiger partial charge in [0, 0.05) is 11.6 Å². The van der Waals surface area contributed by atoms with Crippen LogP contribution in [0.3, 0.4) is 0 Å². The number of nitrogens with one attached hydrogen (secondary N) is 1. The zero-order chi connectivity index (χ0) is 19.2. The van der Waals surface area contributed by atoms with Crippen LogP contribution < -0.4 is 10.1 Å². The molecule has 0 radical (unpaired) electrons. The standard InChI is InChI=1S/C18H18ClN5O2S/c1-12-6-7-16(26-2)15(8-12)24-18(21-22-23-24)27-11-17(25)20-10-13-4-3-5-14(19)9-13/h3-9H,10-11H2,1-2H3,(H,20,25). The molecule has 0 aliphatic rings. The molecule has 27 heavy (non-hydrogen) atoms. The molecule has 0 saturated carbocycles. The Bertz CT molecular complexity index is 947. The van der Waals surface area contributed by atoms with Gasteiger partial charge in [0.2, 0.25) is 11.1 Å². The van der Waals surface area contributed by atoms with E-state index >= 15 is 0 Å². The SMILES string of the molecule is COc1ccc(C)cc1-n1nnnc1SCC(=O)NCc1cccc(Cl)c1. The Morgan fingerprint density at radius 1 is 1.30 bits per heavy atom. The Kier molecular flexibility index (Phi) is 6.31. The van der Waals surface area contributed by atoms with Crippen LogP contribution in [-0.4, -0.2) is 39.0 Å². The van der Waals surface area contributed by atoms with E-state index in [1.165, 1.54) is 11.8 Å². The van der Waals surface area contributed by atoms with E-state index in [1.807, 2.05) is 43.3 Å². The quantitative estimate of drug-likeness (QED) is 0.610. The van der Waals surface area contributed by atoms with Crippen LogP contribution in [0, 0.1) is 6.92 Å². The Morgan fingerprint density at radius 2 is 2.15 bits per heavy atom. The molecule has 1 aromatic heterocycles. The molecule has 7 nitrogen and oxygen atoms in total. The third-order valence-electron chi connectivity index (χ3n) is 3.71. The highest BCUT2D eigenvalue weighted by Crippen LogP contribution is 2.26. The molecule has 3 rings (SSSR count). The van der Waals surface area contributed by atoms with Crippen molar-refractivity contribution >= 4 is 29.3 Å². The lowest BCUT2D eigenvalue weighted by molar-refractivity contribution is -0.118. The first-order valence-electron chi connectivity index (χ1n) is 8.14. The van der Waals surface area contributed by atoms with Crippen molar-refractivity contribution < 1.29 is 9.53 Å². The number of tetrazole rings is 1. The highest BCUT2D eigenvalue weighted by molar-refractivity contribution is 7.99. The Balaban J connectivity index is 1.63. The second-order valence-corrected chi connectivity index (χ2v) is 7.12. The number of halogens is 1. The zero-order valence-corrected chi connectivity index (χ0v) is 16.4. The van der Waals surface area contributed by atoms with Crippen molar-refractivity contribution in [3.63, 3.8) is 0 Å². The normalized spacial score (nSPS) is 10.6. The molecule has 9 heteroatoms. The van der Waals surface area contributed by atoms with Crippen LogP contribution >= 0.6 is 23.4 Å². The number of carbonyl (C=O) groups is 1. The highest BCUT2D eigenvalue weighted by Gasteiger charge is 2.15. The zero-order valence-electron chi connectivity index (χ0n) is 14.8. The minimum Gasteiger partial charge on any atom is -0.494 e. The fourth-order valence-electron chi connectivity index (χ4n) is 2.41. The molecular weight excluding hydrogens is 386 g/mol. The first kappa shape index (κ1) is 19.2. The maximum Gasteiger partial charge on any atom is 0.230 e. The smallest absolute Gasteiger partial charge is 0.230 e. The molecule has 0 saturated heterocycles. The largest absolute Gasteiger partial charge is 0.494 e. The van der Waals surface area contributed by atoms with Crippen molar-refractivity contribution in [2.24, 2.45) is 0 Å². The third kappa shape index (κ3) is 4.99. The molecule has 1 amide bonds. The first-order chi connectivity index (χ1) is 13.1.